The molecule has 1 aromatic heterocycles. The van der Waals surface area contributed by atoms with Crippen molar-refractivity contribution in [1.82, 2.24) is 10.2 Å². The molecule has 3 N–H and O–H groups in total. The lowest BCUT2D eigenvalue weighted by atomic mass is 9.85. The molecule has 0 radical (unpaired) electrons. The first-order valence-corrected chi connectivity index (χ1v) is 5.96. The molecule has 0 saturated heterocycles. The maximum Gasteiger partial charge on any atom is 0.148 e. The minimum atomic E-state index is 0.0321. The third-order valence-electron chi connectivity index (χ3n) is 2.95. The third kappa shape index (κ3) is 2.97. The summed E-state index contributed by atoms with van der Waals surface area (Å²) in [5, 5.41) is 11.1. The number of nitrogens with two attached hydrogens (primary N) is 1. The predicted octanol–water partition coefficient (Wildman–Crippen LogP) is 2.45. The van der Waals surface area contributed by atoms with Crippen LogP contribution in [0.15, 0.2) is 42.5 Å². The average Bonchev–Trinajstić information content (AvgIpc) is 2.39. The van der Waals surface area contributed by atoms with Crippen LogP contribution in [0.25, 0.3) is 0 Å². The van der Waals surface area contributed by atoms with Gasteiger partial charge in [-0.25, -0.2) is 0 Å². The summed E-state index contributed by atoms with van der Waals surface area (Å²) >= 11 is 0. The summed E-state index contributed by atoms with van der Waals surface area (Å²) in [6, 6.07) is 14.0. The minimum Gasteiger partial charge on any atom is -0.382 e. The van der Waals surface area contributed by atoms with Gasteiger partial charge in [0.25, 0.3) is 0 Å². The molecule has 18 heavy (non-hydrogen) atoms. The molecule has 0 aliphatic carbocycles. The number of nitrogens with zero attached hydrogens (tertiary/aromatic N) is 2. The van der Waals surface area contributed by atoms with E-state index in [1.807, 2.05) is 12.1 Å². The first kappa shape index (κ1) is 12.4. The first-order chi connectivity index (χ1) is 8.58. The number of nitrogen functional groups attached to an aromatic ring is 1. The highest BCUT2D eigenvalue weighted by molar-refractivity contribution is 5.39. The van der Waals surface area contributed by atoms with E-state index in [0.717, 1.165) is 12.4 Å². The van der Waals surface area contributed by atoms with Gasteiger partial charge < -0.3 is 11.1 Å². The Labute approximate surface area is 107 Å². The minimum absolute atomic E-state index is 0.0321. The van der Waals surface area contributed by atoms with Crippen LogP contribution >= 0.6 is 0 Å². The van der Waals surface area contributed by atoms with Gasteiger partial charge in [-0.1, -0.05) is 44.2 Å². The van der Waals surface area contributed by atoms with Crippen LogP contribution in [-0.2, 0) is 5.41 Å². The van der Waals surface area contributed by atoms with E-state index in [0.29, 0.717) is 5.82 Å². The third-order valence-corrected chi connectivity index (χ3v) is 2.95. The summed E-state index contributed by atoms with van der Waals surface area (Å²) in [4.78, 5) is 0. The average molecular weight is 242 g/mol. The van der Waals surface area contributed by atoms with Crippen molar-refractivity contribution in [3.05, 3.63) is 48.0 Å². The van der Waals surface area contributed by atoms with Crippen LogP contribution in [0.4, 0.5) is 11.6 Å². The topological polar surface area (TPSA) is 63.8 Å². The summed E-state index contributed by atoms with van der Waals surface area (Å²) in [5.41, 5.74) is 6.82. The summed E-state index contributed by atoms with van der Waals surface area (Å²) in [6.07, 6.45) is 0. The fourth-order valence-electron chi connectivity index (χ4n) is 1.74. The van der Waals surface area contributed by atoms with Gasteiger partial charge in [0.05, 0.1) is 0 Å². The molecule has 4 nitrogen and oxygen atoms in total. The molecule has 0 spiro atoms. The van der Waals surface area contributed by atoms with E-state index >= 15 is 0 Å². The molecule has 0 aliphatic rings. The van der Waals surface area contributed by atoms with Crippen molar-refractivity contribution in [1.29, 1.82) is 0 Å². The Morgan fingerprint density at radius 2 is 1.78 bits per heavy atom. The molecule has 4 heteroatoms. The van der Waals surface area contributed by atoms with Crippen molar-refractivity contribution in [3.8, 4) is 0 Å². The number of benzene rings is 1. The Balaban J connectivity index is 2.03. The van der Waals surface area contributed by atoms with Crippen LogP contribution in [0, 0.1) is 0 Å². The first-order valence-electron chi connectivity index (χ1n) is 5.96. The molecule has 0 aliphatic heterocycles. The molecule has 0 fully saturated rings. The number of aromatic nitrogens is 2. The second-order valence-electron chi connectivity index (χ2n) is 4.95. The SMILES string of the molecule is CC(C)(CNc1ccc(N)nn1)c1ccccc1. The summed E-state index contributed by atoms with van der Waals surface area (Å²) in [6.45, 7) is 5.18. The standard InChI is InChI=1S/C14H18N4/c1-14(2,11-6-4-3-5-7-11)10-16-13-9-8-12(15)17-18-13/h3-9H,10H2,1-2H3,(H2,15,17)(H,16,18). The van der Waals surface area contributed by atoms with E-state index in [4.69, 9.17) is 5.73 Å². The van der Waals surface area contributed by atoms with Gasteiger partial charge in [-0.2, -0.15) is 0 Å². The van der Waals surface area contributed by atoms with Gasteiger partial charge in [0.1, 0.15) is 11.6 Å². The number of hydrogen-bond donors (Lipinski definition) is 2. The lowest BCUT2D eigenvalue weighted by molar-refractivity contribution is 0.556. The number of rotatable bonds is 4. The molecule has 0 unspecified atom stereocenters. The Hall–Kier alpha value is -2.10. The maximum atomic E-state index is 5.50. The van der Waals surface area contributed by atoms with Crippen molar-refractivity contribution in [2.75, 3.05) is 17.6 Å². The van der Waals surface area contributed by atoms with Gasteiger partial charge in [0.15, 0.2) is 0 Å². The summed E-state index contributed by atoms with van der Waals surface area (Å²) in [5.74, 6) is 1.18. The maximum absolute atomic E-state index is 5.50. The van der Waals surface area contributed by atoms with Crippen molar-refractivity contribution < 1.29 is 0 Å². The van der Waals surface area contributed by atoms with Crippen molar-refractivity contribution in [2.24, 2.45) is 0 Å². The molecule has 0 saturated carbocycles. The van der Waals surface area contributed by atoms with Gasteiger partial charge >= 0.3 is 0 Å². The second-order valence-corrected chi connectivity index (χ2v) is 4.95. The fourth-order valence-corrected chi connectivity index (χ4v) is 1.74. The molecule has 2 aromatic rings. The lowest BCUT2D eigenvalue weighted by Gasteiger charge is -2.25. The molecular weight excluding hydrogens is 224 g/mol. The molecule has 0 atom stereocenters. The van der Waals surface area contributed by atoms with Gasteiger partial charge in [-0.15, -0.1) is 10.2 Å². The van der Waals surface area contributed by atoms with E-state index < -0.39 is 0 Å². The number of anilines is 2. The zero-order chi connectivity index (χ0) is 13.0. The van der Waals surface area contributed by atoms with Crippen LogP contribution in [0.5, 0.6) is 0 Å². The zero-order valence-electron chi connectivity index (χ0n) is 10.7. The fraction of sp³-hybridized carbons (Fsp3) is 0.286. The van der Waals surface area contributed by atoms with Crippen LogP contribution in [-0.4, -0.2) is 16.7 Å². The van der Waals surface area contributed by atoms with E-state index in [1.54, 1.807) is 6.07 Å². The van der Waals surface area contributed by atoms with Crippen molar-refractivity contribution in [3.63, 3.8) is 0 Å². The van der Waals surface area contributed by atoms with Crippen LogP contribution in [0.3, 0.4) is 0 Å². The highest BCUT2D eigenvalue weighted by Gasteiger charge is 2.19. The van der Waals surface area contributed by atoms with E-state index in [1.165, 1.54) is 5.56 Å². The molecule has 2 rings (SSSR count). The lowest BCUT2D eigenvalue weighted by Crippen LogP contribution is -2.27. The quantitative estimate of drug-likeness (QED) is 0.864. The van der Waals surface area contributed by atoms with E-state index in [2.05, 4.69) is 53.6 Å². The smallest absolute Gasteiger partial charge is 0.148 e. The van der Waals surface area contributed by atoms with Gasteiger partial charge in [0.2, 0.25) is 0 Å². The Morgan fingerprint density at radius 1 is 1.06 bits per heavy atom. The molecule has 0 amide bonds. The molecule has 94 valence electrons. The van der Waals surface area contributed by atoms with E-state index in [-0.39, 0.29) is 5.41 Å². The Morgan fingerprint density at radius 3 is 2.39 bits per heavy atom. The normalized spacial score (nSPS) is 11.2. The zero-order valence-corrected chi connectivity index (χ0v) is 10.7. The van der Waals surface area contributed by atoms with Gasteiger partial charge in [0, 0.05) is 12.0 Å². The van der Waals surface area contributed by atoms with Crippen LogP contribution < -0.4 is 11.1 Å². The monoisotopic (exact) mass is 242 g/mol. The highest BCUT2D eigenvalue weighted by Crippen LogP contribution is 2.23. The second kappa shape index (κ2) is 5.04. The highest BCUT2D eigenvalue weighted by atomic mass is 15.2. The molecule has 1 heterocycles. The Bertz CT molecular complexity index is 491. The number of hydrogen-bond acceptors (Lipinski definition) is 4. The summed E-state index contributed by atoms with van der Waals surface area (Å²) in [7, 11) is 0. The number of nitrogens with one attached hydrogen (secondary N) is 1. The van der Waals surface area contributed by atoms with Gasteiger partial charge in [-0.05, 0) is 17.7 Å². The molecule has 1 aromatic carbocycles. The van der Waals surface area contributed by atoms with Gasteiger partial charge in [-0.3, -0.25) is 0 Å². The van der Waals surface area contributed by atoms with Crippen molar-refractivity contribution in [2.45, 2.75) is 19.3 Å². The van der Waals surface area contributed by atoms with E-state index in [9.17, 15) is 0 Å². The molecule has 0 bridgehead atoms. The Kier molecular flexibility index (Phi) is 3.46. The van der Waals surface area contributed by atoms with Crippen LogP contribution in [0.1, 0.15) is 19.4 Å². The predicted molar refractivity (Wildman–Crippen MR) is 74.4 cm³/mol. The van der Waals surface area contributed by atoms with Crippen LogP contribution in [0.2, 0.25) is 0 Å². The van der Waals surface area contributed by atoms with Crippen molar-refractivity contribution >= 4 is 11.6 Å². The molecular formula is C14H18N4. The largest absolute Gasteiger partial charge is 0.382 e. The summed E-state index contributed by atoms with van der Waals surface area (Å²) < 4.78 is 0.